The number of aliphatic hydroxyl groups is 1. The molecule has 0 atom stereocenters. The summed E-state index contributed by atoms with van der Waals surface area (Å²) in [5, 5.41) is 9.54. The molecular formula is C19H21ClF3NO3S. The summed E-state index contributed by atoms with van der Waals surface area (Å²) < 4.78 is 64.9. The van der Waals surface area contributed by atoms with Crippen LogP contribution in [-0.2, 0) is 16.2 Å². The number of alkyl halides is 4. The van der Waals surface area contributed by atoms with Crippen LogP contribution in [0, 0.1) is 0 Å². The van der Waals surface area contributed by atoms with Crippen LogP contribution in [0.15, 0.2) is 48.6 Å². The van der Waals surface area contributed by atoms with Gasteiger partial charge in [-0.05, 0) is 49.5 Å². The Hall–Kier alpha value is -1.35. The molecule has 0 bridgehead atoms. The summed E-state index contributed by atoms with van der Waals surface area (Å²) >= 11 is 6.32. The highest BCUT2D eigenvalue weighted by Gasteiger charge is 2.41. The minimum absolute atomic E-state index is 0.299. The van der Waals surface area contributed by atoms with Crippen molar-refractivity contribution in [3.05, 3.63) is 59.7 Å². The second-order valence-corrected chi connectivity index (χ2v) is 9.96. The molecule has 2 N–H and O–H groups in total. The van der Waals surface area contributed by atoms with Crippen LogP contribution in [0.2, 0.25) is 0 Å². The van der Waals surface area contributed by atoms with Crippen LogP contribution in [-0.4, -0.2) is 29.9 Å². The molecule has 1 aromatic rings. The molecule has 0 saturated heterocycles. The van der Waals surface area contributed by atoms with E-state index in [1.165, 1.54) is 30.4 Å². The lowest BCUT2D eigenvalue weighted by Crippen LogP contribution is -2.46. The first-order valence-corrected chi connectivity index (χ1v) is 10.8. The highest BCUT2D eigenvalue weighted by Crippen LogP contribution is 2.37. The van der Waals surface area contributed by atoms with E-state index in [1.54, 1.807) is 6.07 Å². The number of hydrogen-bond acceptors (Lipinski definition) is 3. The van der Waals surface area contributed by atoms with Crippen molar-refractivity contribution in [3.8, 4) is 0 Å². The molecule has 0 aromatic heterocycles. The number of allylic oxidation sites excluding steroid dienone is 2. The van der Waals surface area contributed by atoms with E-state index in [-0.39, 0.29) is 6.04 Å². The van der Waals surface area contributed by atoms with Gasteiger partial charge < -0.3 is 5.11 Å². The van der Waals surface area contributed by atoms with Crippen molar-refractivity contribution in [2.45, 2.75) is 54.1 Å². The van der Waals surface area contributed by atoms with Crippen molar-refractivity contribution in [2.75, 3.05) is 0 Å². The topological polar surface area (TPSA) is 66.4 Å². The van der Waals surface area contributed by atoms with Crippen molar-refractivity contribution in [2.24, 2.45) is 0 Å². The average Bonchev–Trinajstić information content (AvgIpc) is 2.63. The summed E-state index contributed by atoms with van der Waals surface area (Å²) in [7, 11) is -3.96. The van der Waals surface area contributed by atoms with Gasteiger partial charge in [0.25, 0.3) is 0 Å². The van der Waals surface area contributed by atoms with Gasteiger partial charge in [0.1, 0.15) is 0 Å². The first-order chi connectivity index (χ1) is 13.0. The summed E-state index contributed by atoms with van der Waals surface area (Å²) in [6, 6.07) is 4.60. The van der Waals surface area contributed by atoms with Gasteiger partial charge in [-0.25, -0.2) is 13.1 Å². The van der Waals surface area contributed by atoms with Crippen molar-refractivity contribution in [1.82, 2.24) is 4.72 Å². The molecule has 2 aliphatic rings. The minimum Gasteiger partial charge on any atom is -0.393 e. The predicted octanol–water partition coefficient (Wildman–Crippen LogP) is 4.07. The fourth-order valence-electron chi connectivity index (χ4n) is 3.42. The van der Waals surface area contributed by atoms with Crippen LogP contribution in [0.4, 0.5) is 13.2 Å². The maximum atomic E-state index is 12.9. The Kier molecular flexibility index (Phi) is 5.96. The predicted molar refractivity (Wildman–Crippen MR) is 101 cm³/mol. The maximum Gasteiger partial charge on any atom is 0.416 e. The standard InChI is InChI=1S/C19H21ClF3NO3S/c20-18(28(26,27)24-16-4-6-17(25)7-5-16)10-8-13(9-11-18)14-2-1-3-15(12-14)19(21,22)23/h1-3,8-13,16-17,24-25H,4-7H2. The molecule has 154 valence electrons. The lowest BCUT2D eigenvalue weighted by atomic mass is 9.93. The van der Waals surface area contributed by atoms with Crippen molar-refractivity contribution in [3.63, 3.8) is 0 Å². The van der Waals surface area contributed by atoms with Gasteiger partial charge in [0.05, 0.1) is 11.7 Å². The summed E-state index contributed by atoms with van der Waals surface area (Å²) in [5.74, 6) is -0.505. The van der Waals surface area contributed by atoms with E-state index in [1.807, 2.05) is 0 Å². The van der Waals surface area contributed by atoms with Crippen LogP contribution in [0.5, 0.6) is 0 Å². The summed E-state index contributed by atoms with van der Waals surface area (Å²) in [4.78, 5) is 0. The smallest absolute Gasteiger partial charge is 0.393 e. The number of benzene rings is 1. The number of aliphatic hydroxyl groups excluding tert-OH is 1. The molecule has 2 aliphatic carbocycles. The Morgan fingerprint density at radius 1 is 1.11 bits per heavy atom. The minimum atomic E-state index is -4.45. The molecule has 0 amide bonds. The third-order valence-electron chi connectivity index (χ3n) is 5.09. The van der Waals surface area contributed by atoms with Gasteiger partial charge in [-0.3, -0.25) is 0 Å². The first kappa shape index (κ1) is 21.4. The molecule has 0 spiro atoms. The quantitative estimate of drug-likeness (QED) is 0.553. The van der Waals surface area contributed by atoms with Crippen LogP contribution < -0.4 is 4.72 Å². The fraction of sp³-hybridized carbons (Fsp3) is 0.474. The zero-order valence-corrected chi connectivity index (χ0v) is 16.4. The second kappa shape index (κ2) is 7.82. The highest BCUT2D eigenvalue weighted by molar-refractivity contribution is 7.92. The normalized spacial score (nSPS) is 31.1. The molecule has 0 radical (unpaired) electrons. The number of rotatable bonds is 4. The van der Waals surface area contributed by atoms with E-state index in [0.29, 0.717) is 31.2 Å². The molecule has 0 unspecified atom stereocenters. The molecule has 1 aromatic carbocycles. The molecular weight excluding hydrogens is 415 g/mol. The lowest BCUT2D eigenvalue weighted by molar-refractivity contribution is -0.137. The van der Waals surface area contributed by atoms with Crippen molar-refractivity contribution in [1.29, 1.82) is 0 Å². The molecule has 28 heavy (non-hydrogen) atoms. The molecule has 0 heterocycles. The Morgan fingerprint density at radius 3 is 2.29 bits per heavy atom. The van der Waals surface area contributed by atoms with Gasteiger partial charge in [-0.2, -0.15) is 13.2 Å². The fourth-order valence-corrected chi connectivity index (χ4v) is 5.07. The van der Waals surface area contributed by atoms with E-state index in [0.717, 1.165) is 12.1 Å². The summed E-state index contributed by atoms with van der Waals surface area (Å²) in [6.45, 7) is 0. The van der Waals surface area contributed by atoms with Crippen LogP contribution in [0.3, 0.4) is 0 Å². The maximum absolute atomic E-state index is 12.9. The molecule has 9 heteroatoms. The second-order valence-electron chi connectivity index (χ2n) is 7.19. The van der Waals surface area contributed by atoms with Gasteiger partial charge in [-0.1, -0.05) is 42.0 Å². The molecule has 1 saturated carbocycles. The molecule has 3 rings (SSSR count). The van der Waals surface area contributed by atoms with E-state index in [2.05, 4.69) is 4.72 Å². The van der Waals surface area contributed by atoms with Gasteiger partial charge in [0, 0.05) is 12.0 Å². The number of halogens is 4. The van der Waals surface area contributed by atoms with E-state index in [4.69, 9.17) is 11.6 Å². The van der Waals surface area contributed by atoms with Crippen molar-refractivity contribution >= 4 is 21.6 Å². The average molecular weight is 436 g/mol. The Bertz CT molecular complexity index is 861. The Labute approximate surface area is 167 Å². The summed E-state index contributed by atoms with van der Waals surface area (Å²) in [5.41, 5.74) is -0.365. The molecule has 0 aliphatic heterocycles. The largest absolute Gasteiger partial charge is 0.416 e. The van der Waals surface area contributed by atoms with Gasteiger partial charge >= 0.3 is 6.18 Å². The molecule has 1 fully saturated rings. The summed E-state index contributed by atoms with van der Waals surface area (Å²) in [6.07, 6.45) is 2.79. The first-order valence-electron chi connectivity index (χ1n) is 8.95. The van der Waals surface area contributed by atoms with Crippen LogP contribution >= 0.6 is 11.6 Å². The highest BCUT2D eigenvalue weighted by atomic mass is 35.5. The Balaban J connectivity index is 1.74. The van der Waals surface area contributed by atoms with Gasteiger partial charge in [-0.15, -0.1) is 0 Å². The van der Waals surface area contributed by atoms with Crippen molar-refractivity contribution < 1.29 is 26.7 Å². The lowest BCUT2D eigenvalue weighted by Gasteiger charge is -2.30. The zero-order valence-electron chi connectivity index (χ0n) is 14.9. The van der Waals surface area contributed by atoms with Crippen LogP contribution in [0.25, 0.3) is 0 Å². The number of sulfonamides is 1. The third kappa shape index (κ3) is 4.62. The Morgan fingerprint density at radius 2 is 1.71 bits per heavy atom. The van der Waals surface area contributed by atoms with Gasteiger partial charge in [0.2, 0.25) is 10.0 Å². The SMILES string of the molecule is O=S(=O)(NC1CCC(O)CC1)C1(Cl)C=CC(c2cccc(C(F)(F)F)c2)C=C1. The van der Waals surface area contributed by atoms with Gasteiger partial charge in [0.15, 0.2) is 4.21 Å². The zero-order chi connectivity index (χ0) is 20.6. The van der Waals surface area contributed by atoms with E-state index < -0.39 is 38.0 Å². The number of hydrogen-bond donors (Lipinski definition) is 2. The monoisotopic (exact) mass is 435 g/mol. The molecule has 4 nitrogen and oxygen atoms in total. The van der Waals surface area contributed by atoms with Crippen LogP contribution in [0.1, 0.15) is 42.7 Å². The van der Waals surface area contributed by atoms with E-state index >= 15 is 0 Å². The van der Waals surface area contributed by atoms with E-state index in [9.17, 15) is 26.7 Å². The third-order valence-corrected chi connectivity index (χ3v) is 7.69. The number of nitrogens with one attached hydrogen (secondary N) is 1.